The highest BCUT2D eigenvalue weighted by molar-refractivity contribution is 4.82. The van der Waals surface area contributed by atoms with E-state index < -0.39 is 0 Å². The Morgan fingerprint density at radius 2 is 1.00 bits per heavy atom. The van der Waals surface area contributed by atoms with E-state index in [0.717, 1.165) is 0 Å². The third kappa shape index (κ3) is 17.3. The van der Waals surface area contributed by atoms with Gasteiger partial charge in [-0.15, -0.1) is 6.42 Å². The van der Waals surface area contributed by atoms with E-state index in [4.69, 9.17) is 35.8 Å². The molecule has 6 heteroatoms. The van der Waals surface area contributed by atoms with Crippen molar-refractivity contribution in [1.29, 1.82) is 0 Å². The van der Waals surface area contributed by atoms with Crippen molar-refractivity contribution in [3.8, 4) is 12.3 Å². The van der Waals surface area contributed by atoms with Crippen molar-refractivity contribution in [2.75, 3.05) is 72.6 Å². The molecule has 0 spiro atoms. The normalized spacial score (nSPS) is 10.5. The molecule has 19 heavy (non-hydrogen) atoms. The molecule has 0 saturated carbocycles. The Balaban J connectivity index is 2.90. The summed E-state index contributed by atoms with van der Waals surface area (Å²) in [6, 6.07) is 0. The molecule has 6 nitrogen and oxygen atoms in total. The van der Waals surface area contributed by atoms with Crippen molar-refractivity contribution < 1.29 is 23.7 Å². The zero-order valence-electron chi connectivity index (χ0n) is 11.5. The highest BCUT2D eigenvalue weighted by Crippen LogP contribution is 1.83. The molecule has 0 aromatic rings. The molecular formula is C13H25NO5. The van der Waals surface area contributed by atoms with Crippen molar-refractivity contribution >= 4 is 0 Å². The smallest absolute Gasteiger partial charge is 0.107 e. The maximum absolute atomic E-state index is 5.31. The minimum absolute atomic E-state index is 0.326. The van der Waals surface area contributed by atoms with E-state index in [-0.39, 0.29) is 0 Å². The van der Waals surface area contributed by atoms with Crippen LogP contribution in [0.4, 0.5) is 0 Å². The van der Waals surface area contributed by atoms with Crippen LogP contribution in [-0.4, -0.2) is 72.6 Å². The fraction of sp³-hybridized carbons (Fsp3) is 0.846. The van der Waals surface area contributed by atoms with Crippen LogP contribution in [-0.2, 0) is 23.7 Å². The topological polar surface area (TPSA) is 72.2 Å². The first-order chi connectivity index (χ1) is 9.41. The summed E-state index contributed by atoms with van der Waals surface area (Å²) in [6.07, 6.45) is 5.02. The number of terminal acetylenes is 1. The molecule has 0 atom stereocenters. The predicted molar refractivity (Wildman–Crippen MR) is 72.0 cm³/mol. The molecule has 0 fully saturated rings. The van der Waals surface area contributed by atoms with Crippen molar-refractivity contribution in [3.05, 3.63) is 0 Å². The van der Waals surface area contributed by atoms with Gasteiger partial charge in [0.1, 0.15) is 6.61 Å². The Labute approximate surface area is 115 Å². The van der Waals surface area contributed by atoms with Crippen molar-refractivity contribution in [3.63, 3.8) is 0 Å². The lowest BCUT2D eigenvalue weighted by Crippen LogP contribution is -2.14. The van der Waals surface area contributed by atoms with Crippen LogP contribution >= 0.6 is 0 Å². The second-order valence-corrected chi connectivity index (χ2v) is 3.49. The van der Waals surface area contributed by atoms with Crippen LogP contribution in [0.25, 0.3) is 0 Å². The van der Waals surface area contributed by atoms with Crippen LogP contribution in [0.3, 0.4) is 0 Å². The van der Waals surface area contributed by atoms with Crippen LogP contribution in [0, 0.1) is 12.3 Å². The van der Waals surface area contributed by atoms with Gasteiger partial charge in [-0.1, -0.05) is 5.92 Å². The van der Waals surface area contributed by atoms with Gasteiger partial charge in [0.15, 0.2) is 0 Å². The summed E-state index contributed by atoms with van der Waals surface area (Å²) in [5, 5.41) is 0. The van der Waals surface area contributed by atoms with Gasteiger partial charge >= 0.3 is 0 Å². The lowest BCUT2D eigenvalue weighted by molar-refractivity contribution is -0.00857. The predicted octanol–water partition coefficient (Wildman–Crippen LogP) is -0.339. The van der Waals surface area contributed by atoms with Gasteiger partial charge in [0, 0.05) is 6.54 Å². The Kier molecular flexibility index (Phi) is 16.7. The first-order valence-electron chi connectivity index (χ1n) is 6.44. The summed E-state index contributed by atoms with van der Waals surface area (Å²) < 4.78 is 26.0. The van der Waals surface area contributed by atoms with Gasteiger partial charge in [-0.3, -0.25) is 0 Å². The molecule has 0 aliphatic rings. The standard InChI is InChI=1S/C13H25NO5/c1-2-4-15-6-8-17-10-12-19-13-11-18-9-7-16-5-3-14/h1H,3-14H2. The van der Waals surface area contributed by atoms with E-state index in [2.05, 4.69) is 5.92 Å². The zero-order valence-corrected chi connectivity index (χ0v) is 11.5. The molecule has 0 aromatic carbocycles. The van der Waals surface area contributed by atoms with Gasteiger partial charge in [-0.05, 0) is 0 Å². The van der Waals surface area contributed by atoms with Crippen molar-refractivity contribution in [2.45, 2.75) is 0 Å². The third-order valence-electron chi connectivity index (χ3n) is 1.94. The van der Waals surface area contributed by atoms with E-state index in [1.54, 1.807) is 0 Å². The molecule has 0 heterocycles. The molecule has 0 aromatic heterocycles. The first kappa shape index (κ1) is 18.3. The van der Waals surface area contributed by atoms with E-state index in [1.165, 1.54) is 0 Å². The van der Waals surface area contributed by atoms with Crippen molar-refractivity contribution in [1.82, 2.24) is 0 Å². The maximum Gasteiger partial charge on any atom is 0.107 e. The second kappa shape index (κ2) is 17.3. The Hall–Kier alpha value is -0.680. The molecule has 0 radical (unpaired) electrons. The summed E-state index contributed by atoms with van der Waals surface area (Å²) in [7, 11) is 0. The summed E-state index contributed by atoms with van der Waals surface area (Å²) in [5.41, 5.74) is 5.27. The fourth-order valence-corrected chi connectivity index (χ4v) is 1.09. The first-order valence-corrected chi connectivity index (χ1v) is 6.44. The van der Waals surface area contributed by atoms with Gasteiger partial charge in [0.05, 0.1) is 59.5 Å². The number of hydrogen-bond acceptors (Lipinski definition) is 6. The quantitative estimate of drug-likeness (QED) is 0.326. The largest absolute Gasteiger partial charge is 0.378 e. The number of hydrogen-bond donors (Lipinski definition) is 1. The second-order valence-electron chi connectivity index (χ2n) is 3.49. The van der Waals surface area contributed by atoms with Gasteiger partial charge < -0.3 is 29.4 Å². The zero-order chi connectivity index (χ0) is 14.0. The summed E-state index contributed by atoms with van der Waals surface area (Å²) in [5.74, 6) is 2.38. The third-order valence-corrected chi connectivity index (χ3v) is 1.94. The minimum Gasteiger partial charge on any atom is -0.378 e. The summed E-state index contributed by atoms with van der Waals surface area (Å²) in [4.78, 5) is 0. The van der Waals surface area contributed by atoms with Gasteiger partial charge in [0.2, 0.25) is 0 Å². The van der Waals surface area contributed by atoms with E-state index in [0.29, 0.717) is 72.6 Å². The van der Waals surface area contributed by atoms with E-state index >= 15 is 0 Å². The van der Waals surface area contributed by atoms with E-state index in [1.807, 2.05) is 0 Å². The SMILES string of the molecule is C#CCOCCOCCOCCOCCOCCN. The molecular weight excluding hydrogens is 250 g/mol. The lowest BCUT2D eigenvalue weighted by Gasteiger charge is -2.07. The number of nitrogens with two attached hydrogens (primary N) is 1. The fourth-order valence-electron chi connectivity index (χ4n) is 1.09. The monoisotopic (exact) mass is 275 g/mol. The van der Waals surface area contributed by atoms with Gasteiger partial charge in [-0.25, -0.2) is 0 Å². The molecule has 0 aliphatic heterocycles. The average molecular weight is 275 g/mol. The molecule has 0 unspecified atom stereocenters. The summed E-state index contributed by atoms with van der Waals surface area (Å²) >= 11 is 0. The van der Waals surface area contributed by atoms with Crippen LogP contribution < -0.4 is 5.73 Å². The molecule has 0 aliphatic carbocycles. The van der Waals surface area contributed by atoms with Crippen LogP contribution in [0.5, 0.6) is 0 Å². The minimum atomic E-state index is 0.326. The maximum atomic E-state index is 5.31. The van der Waals surface area contributed by atoms with Gasteiger partial charge in [0.25, 0.3) is 0 Å². The number of rotatable bonds is 15. The Bertz CT molecular complexity index is 208. The number of ether oxygens (including phenoxy) is 5. The summed E-state index contributed by atoms with van der Waals surface area (Å²) in [6.45, 7) is 5.79. The van der Waals surface area contributed by atoms with E-state index in [9.17, 15) is 0 Å². The van der Waals surface area contributed by atoms with Crippen LogP contribution in [0.2, 0.25) is 0 Å². The highest BCUT2D eigenvalue weighted by Gasteiger charge is 1.92. The molecule has 0 bridgehead atoms. The van der Waals surface area contributed by atoms with Gasteiger partial charge in [-0.2, -0.15) is 0 Å². The van der Waals surface area contributed by atoms with Crippen LogP contribution in [0.1, 0.15) is 0 Å². The molecule has 0 rings (SSSR count). The Morgan fingerprint density at radius 1 is 0.632 bits per heavy atom. The van der Waals surface area contributed by atoms with Crippen molar-refractivity contribution in [2.24, 2.45) is 5.73 Å². The molecule has 0 saturated heterocycles. The Morgan fingerprint density at radius 3 is 1.37 bits per heavy atom. The molecule has 112 valence electrons. The average Bonchev–Trinajstić information content (AvgIpc) is 2.43. The van der Waals surface area contributed by atoms with Crippen LogP contribution in [0.15, 0.2) is 0 Å². The molecule has 2 N–H and O–H groups in total. The molecule has 0 amide bonds. The lowest BCUT2D eigenvalue weighted by atomic mass is 10.6. The highest BCUT2D eigenvalue weighted by atomic mass is 16.6.